The Labute approximate surface area is 149 Å². The number of carbonyl (C=O) groups is 3. The van der Waals surface area contributed by atoms with E-state index in [9.17, 15) is 24.0 Å². The molecule has 2 saturated heterocycles. The van der Waals surface area contributed by atoms with Gasteiger partial charge in [0.1, 0.15) is 11.9 Å². The number of hydrogen-bond acceptors (Lipinski definition) is 6. The van der Waals surface area contributed by atoms with Crippen molar-refractivity contribution in [3.63, 3.8) is 0 Å². The number of piperazine rings is 1. The molecule has 4 rings (SSSR count). The molecular weight excluding hydrogens is 343 g/mol. The molecule has 3 aliphatic rings. The number of piperidine rings is 1. The van der Waals surface area contributed by atoms with Gasteiger partial charge < -0.3 is 15.0 Å². The normalized spacial score (nSPS) is 24.1. The highest BCUT2D eigenvalue weighted by molar-refractivity contribution is 6.05. The minimum absolute atomic E-state index is 0.182. The molecule has 0 aliphatic carbocycles. The van der Waals surface area contributed by atoms with Crippen LogP contribution in [0.3, 0.4) is 0 Å². The summed E-state index contributed by atoms with van der Waals surface area (Å²) in [6.45, 7) is 2.01. The van der Waals surface area contributed by atoms with Crippen molar-refractivity contribution < 1.29 is 24.0 Å². The van der Waals surface area contributed by atoms with E-state index in [0.29, 0.717) is 37.4 Å². The standard InChI is InChI=1S/C17H19FN4O4/c18-12-8-11-10(7-14(12)20-3-5-21(26)6-4-20)9-22(17(11)25)13-1-2-15(23)19-16(13)24/h7-8,13,26H,1-6,9H2,(H,19,23,24). The van der Waals surface area contributed by atoms with E-state index in [1.807, 2.05) is 4.90 Å². The lowest BCUT2D eigenvalue weighted by Crippen LogP contribution is -2.52. The van der Waals surface area contributed by atoms with Gasteiger partial charge in [0.05, 0.1) is 5.69 Å². The molecule has 8 nitrogen and oxygen atoms in total. The maximum absolute atomic E-state index is 14.6. The lowest BCUT2D eigenvalue weighted by Gasteiger charge is -2.33. The Morgan fingerprint density at radius 1 is 1.12 bits per heavy atom. The van der Waals surface area contributed by atoms with E-state index in [1.54, 1.807) is 6.07 Å². The molecule has 0 spiro atoms. The van der Waals surface area contributed by atoms with Crippen LogP contribution in [0, 0.1) is 5.82 Å². The van der Waals surface area contributed by atoms with Crippen molar-refractivity contribution in [3.8, 4) is 0 Å². The average molecular weight is 362 g/mol. The third-order valence-corrected chi connectivity index (χ3v) is 5.19. The summed E-state index contributed by atoms with van der Waals surface area (Å²) in [5.41, 5.74) is 1.33. The van der Waals surface area contributed by atoms with Crippen molar-refractivity contribution in [3.05, 3.63) is 29.1 Å². The summed E-state index contributed by atoms with van der Waals surface area (Å²) in [4.78, 5) is 39.3. The Morgan fingerprint density at radius 2 is 1.85 bits per heavy atom. The summed E-state index contributed by atoms with van der Waals surface area (Å²) < 4.78 is 14.6. The number of nitrogens with one attached hydrogen (secondary N) is 1. The number of nitrogens with zero attached hydrogens (tertiary/aromatic N) is 3. The van der Waals surface area contributed by atoms with E-state index in [1.165, 1.54) is 16.0 Å². The summed E-state index contributed by atoms with van der Waals surface area (Å²) in [6.07, 6.45) is 0.458. The van der Waals surface area contributed by atoms with Gasteiger partial charge in [0.15, 0.2) is 0 Å². The first-order chi connectivity index (χ1) is 12.4. The molecule has 3 heterocycles. The second kappa shape index (κ2) is 6.33. The zero-order chi connectivity index (χ0) is 18.4. The summed E-state index contributed by atoms with van der Waals surface area (Å²) in [5.74, 6) is -1.71. The van der Waals surface area contributed by atoms with Gasteiger partial charge in [-0.2, -0.15) is 5.06 Å². The van der Waals surface area contributed by atoms with E-state index in [4.69, 9.17) is 0 Å². The van der Waals surface area contributed by atoms with Gasteiger partial charge in [-0.3, -0.25) is 19.7 Å². The number of benzene rings is 1. The van der Waals surface area contributed by atoms with Crippen LogP contribution in [0.1, 0.15) is 28.8 Å². The Bertz CT molecular complexity index is 791. The molecule has 3 amide bonds. The maximum Gasteiger partial charge on any atom is 0.255 e. The second-order valence-corrected chi connectivity index (χ2v) is 6.80. The molecule has 0 radical (unpaired) electrons. The smallest absolute Gasteiger partial charge is 0.255 e. The van der Waals surface area contributed by atoms with E-state index >= 15 is 0 Å². The first-order valence-electron chi connectivity index (χ1n) is 8.60. The van der Waals surface area contributed by atoms with Crippen LogP contribution in [-0.2, 0) is 16.1 Å². The molecular formula is C17H19FN4O4. The minimum atomic E-state index is -0.711. The first-order valence-corrected chi connectivity index (χ1v) is 8.60. The minimum Gasteiger partial charge on any atom is -0.366 e. The average Bonchev–Trinajstić information content (AvgIpc) is 2.91. The van der Waals surface area contributed by atoms with E-state index in [2.05, 4.69) is 5.32 Å². The van der Waals surface area contributed by atoms with E-state index < -0.39 is 17.8 Å². The van der Waals surface area contributed by atoms with Crippen LogP contribution in [0.2, 0.25) is 0 Å². The molecule has 2 N–H and O–H groups in total. The maximum atomic E-state index is 14.6. The third-order valence-electron chi connectivity index (χ3n) is 5.19. The molecule has 138 valence electrons. The number of halogens is 1. The number of hydroxylamine groups is 2. The number of amides is 3. The van der Waals surface area contributed by atoms with Gasteiger partial charge >= 0.3 is 0 Å². The number of hydrogen-bond donors (Lipinski definition) is 2. The Morgan fingerprint density at radius 3 is 2.54 bits per heavy atom. The fraction of sp³-hybridized carbons (Fsp3) is 0.471. The molecule has 1 aromatic rings. The third kappa shape index (κ3) is 2.82. The van der Waals surface area contributed by atoms with Gasteiger partial charge in [0.2, 0.25) is 11.8 Å². The summed E-state index contributed by atoms with van der Waals surface area (Å²) in [6, 6.07) is 2.17. The Hall–Kier alpha value is -2.52. The van der Waals surface area contributed by atoms with Crippen LogP contribution in [0.4, 0.5) is 10.1 Å². The fourth-order valence-corrected chi connectivity index (χ4v) is 3.76. The lowest BCUT2D eigenvalue weighted by molar-refractivity contribution is -0.136. The van der Waals surface area contributed by atoms with Crippen LogP contribution in [-0.4, -0.2) is 65.1 Å². The quantitative estimate of drug-likeness (QED) is 0.725. The van der Waals surface area contributed by atoms with Crippen LogP contribution in [0.5, 0.6) is 0 Å². The van der Waals surface area contributed by atoms with Crippen LogP contribution in [0.15, 0.2) is 12.1 Å². The van der Waals surface area contributed by atoms with Gasteiger partial charge in [-0.25, -0.2) is 4.39 Å². The van der Waals surface area contributed by atoms with Gasteiger partial charge in [-0.05, 0) is 24.1 Å². The second-order valence-electron chi connectivity index (χ2n) is 6.80. The van der Waals surface area contributed by atoms with Crippen molar-refractivity contribution in [1.82, 2.24) is 15.3 Å². The highest BCUT2D eigenvalue weighted by atomic mass is 19.1. The number of rotatable bonds is 2. The molecule has 0 bridgehead atoms. The fourth-order valence-electron chi connectivity index (χ4n) is 3.76. The van der Waals surface area contributed by atoms with Crippen molar-refractivity contribution in [2.24, 2.45) is 0 Å². The molecule has 1 unspecified atom stereocenters. The molecule has 26 heavy (non-hydrogen) atoms. The van der Waals surface area contributed by atoms with Crippen molar-refractivity contribution in [2.75, 3.05) is 31.1 Å². The van der Waals surface area contributed by atoms with Crippen LogP contribution in [0.25, 0.3) is 0 Å². The van der Waals surface area contributed by atoms with Gasteiger partial charge in [0, 0.05) is 44.7 Å². The Kier molecular flexibility index (Phi) is 4.12. The monoisotopic (exact) mass is 362 g/mol. The SMILES string of the molecule is O=C1CCC(N2Cc3cc(N4CCN(O)CC4)c(F)cc3C2=O)C(=O)N1. The van der Waals surface area contributed by atoms with Gasteiger partial charge in [-0.1, -0.05) is 0 Å². The largest absolute Gasteiger partial charge is 0.366 e. The molecule has 0 saturated carbocycles. The van der Waals surface area contributed by atoms with Gasteiger partial charge in [-0.15, -0.1) is 0 Å². The topological polar surface area (TPSA) is 93.2 Å². The predicted molar refractivity (Wildman–Crippen MR) is 88.0 cm³/mol. The zero-order valence-electron chi connectivity index (χ0n) is 14.1. The predicted octanol–water partition coefficient (Wildman–Crippen LogP) is 0.0979. The highest BCUT2D eigenvalue weighted by Gasteiger charge is 2.39. The number of carbonyl (C=O) groups excluding carboxylic acids is 3. The molecule has 1 aromatic carbocycles. The number of imide groups is 1. The summed E-state index contributed by atoms with van der Waals surface area (Å²) in [5, 5.41) is 12.9. The number of fused-ring (bicyclic) bond motifs is 1. The van der Waals surface area contributed by atoms with Crippen molar-refractivity contribution in [1.29, 1.82) is 0 Å². The van der Waals surface area contributed by atoms with Crippen molar-refractivity contribution in [2.45, 2.75) is 25.4 Å². The number of anilines is 1. The molecule has 0 aromatic heterocycles. The van der Waals surface area contributed by atoms with Crippen LogP contribution < -0.4 is 10.2 Å². The lowest BCUT2D eigenvalue weighted by atomic mass is 10.0. The molecule has 2 fully saturated rings. The van der Waals surface area contributed by atoms with E-state index in [-0.39, 0.29) is 36.8 Å². The van der Waals surface area contributed by atoms with Crippen molar-refractivity contribution >= 4 is 23.4 Å². The molecule has 1 atom stereocenters. The first kappa shape index (κ1) is 16.9. The summed E-state index contributed by atoms with van der Waals surface area (Å²) >= 11 is 0. The highest BCUT2D eigenvalue weighted by Crippen LogP contribution is 2.32. The zero-order valence-corrected chi connectivity index (χ0v) is 14.1. The Balaban J connectivity index is 1.58. The molecule has 3 aliphatic heterocycles. The summed E-state index contributed by atoms with van der Waals surface area (Å²) in [7, 11) is 0. The van der Waals surface area contributed by atoms with Crippen LogP contribution >= 0.6 is 0 Å². The van der Waals surface area contributed by atoms with E-state index in [0.717, 1.165) is 0 Å². The van der Waals surface area contributed by atoms with Gasteiger partial charge in [0.25, 0.3) is 5.91 Å². The molecule has 9 heteroatoms.